The molecule has 1 aliphatic rings. The summed E-state index contributed by atoms with van der Waals surface area (Å²) in [6, 6.07) is 0. The van der Waals surface area contributed by atoms with Crippen LogP contribution in [0.4, 0.5) is 0 Å². The Hall–Kier alpha value is -0.0400. The van der Waals surface area contributed by atoms with Gasteiger partial charge in [0.15, 0.2) is 0 Å². The topological polar surface area (TPSA) is 20.2 Å². The van der Waals surface area contributed by atoms with Gasteiger partial charge in [0.05, 0.1) is 6.10 Å². The molecule has 0 radical (unpaired) electrons. The van der Waals surface area contributed by atoms with Crippen LogP contribution in [0.15, 0.2) is 0 Å². The minimum Gasteiger partial charge on any atom is -0.393 e. The lowest BCUT2D eigenvalue weighted by Crippen LogP contribution is -2.38. The Morgan fingerprint density at radius 1 is 1.17 bits per heavy atom. The highest BCUT2D eigenvalue weighted by molar-refractivity contribution is 4.90. The zero-order chi connectivity index (χ0) is 9.41. The largest absolute Gasteiger partial charge is 0.393 e. The Morgan fingerprint density at radius 3 is 2.08 bits per heavy atom. The Morgan fingerprint density at radius 2 is 1.75 bits per heavy atom. The fourth-order valence-corrected chi connectivity index (χ4v) is 2.60. The maximum atomic E-state index is 9.67. The molecule has 0 spiro atoms. The van der Waals surface area contributed by atoms with Gasteiger partial charge in [-0.1, -0.05) is 27.2 Å². The van der Waals surface area contributed by atoms with Gasteiger partial charge in [-0.25, -0.2) is 0 Å². The van der Waals surface area contributed by atoms with Crippen molar-refractivity contribution in [1.29, 1.82) is 0 Å². The molecule has 1 rings (SSSR count). The molecule has 2 atom stereocenters. The van der Waals surface area contributed by atoms with Crippen LogP contribution in [0.25, 0.3) is 0 Å². The number of rotatable bonds is 1. The maximum absolute atomic E-state index is 9.67. The Bertz CT molecular complexity index is 160. The van der Waals surface area contributed by atoms with Gasteiger partial charge in [0.25, 0.3) is 0 Å². The Balaban J connectivity index is 2.68. The molecule has 0 heterocycles. The van der Waals surface area contributed by atoms with Gasteiger partial charge in [0, 0.05) is 0 Å². The van der Waals surface area contributed by atoms with E-state index in [2.05, 4.69) is 20.8 Å². The van der Waals surface area contributed by atoms with Gasteiger partial charge in [-0.05, 0) is 37.0 Å². The Labute approximate surface area is 76.2 Å². The molecule has 0 bridgehead atoms. The van der Waals surface area contributed by atoms with Gasteiger partial charge in [-0.15, -0.1) is 0 Å². The van der Waals surface area contributed by atoms with E-state index in [9.17, 15) is 5.11 Å². The zero-order valence-corrected chi connectivity index (χ0v) is 8.85. The van der Waals surface area contributed by atoms with Crippen molar-refractivity contribution in [2.75, 3.05) is 0 Å². The van der Waals surface area contributed by atoms with Crippen LogP contribution in [0.2, 0.25) is 0 Å². The van der Waals surface area contributed by atoms with Crippen LogP contribution >= 0.6 is 0 Å². The van der Waals surface area contributed by atoms with Crippen molar-refractivity contribution in [2.24, 2.45) is 10.8 Å². The molecule has 1 aliphatic carbocycles. The van der Waals surface area contributed by atoms with Gasteiger partial charge in [0.1, 0.15) is 0 Å². The minimum absolute atomic E-state index is 0.155. The second-order valence-electron chi connectivity index (χ2n) is 5.52. The van der Waals surface area contributed by atoms with Gasteiger partial charge in [-0.3, -0.25) is 0 Å². The minimum atomic E-state index is -0.155. The first-order valence-electron chi connectivity index (χ1n) is 5.04. The summed E-state index contributed by atoms with van der Waals surface area (Å²) in [6.07, 6.45) is 4.78. The molecular weight excluding hydrogens is 148 g/mol. The smallest absolute Gasteiger partial charge is 0.0565 e. The molecule has 12 heavy (non-hydrogen) atoms. The SMILES string of the molecule is CC(O)C1(C)CCCC(C)(C)C1. The number of hydrogen-bond donors (Lipinski definition) is 1. The van der Waals surface area contributed by atoms with Crippen molar-refractivity contribution >= 4 is 0 Å². The van der Waals surface area contributed by atoms with Crippen molar-refractivity contribution in [3.05, 3.63) is 0 Å². The summed E-state index contributed by atoms with van der Waals surface area (Å²) in [4.78, 5) is 0. The molecule has 1 heteroatoms. The standard InChI is InChI=1S/C11H22O/c1-9(12)11(4)7-5-6-10(2,3)8-11/h9,12H,5-8H2,1-4H3. The van der Waals surface area contributed by atoms with Crippen LogP contribution in [0.1, 0.15) is 53.4 Å². The quantitative estimate of drug-likeness (QED) is 0.641. The van der Waals surface area contributed by atoms with E-state index in [1.54, 1.807) is 0 Å². The van der Waals surface area contributed by atoms with Crippen LogP contribution in [-0.2, 0) is 0 Å². The predicted molar refractivity (Wildman–Crippen MR) is 52.0 cm³/mol. The summed E-state index contributed by atoms with van der Waals surface area (Å²) < 4.78 is 0. The first-order chi connectivity index (χ1) is 5.36. The van der Waals surface area contributed by atoms with Crippen LogP contribution in [0.3, 0.4) is 0 Å². The molecule has 2 unspecified atom stereocenters. The number of aliphatic hydroxyl groups is 1. The van der Waals surface area contributed by atoms with Crippen LogP contribution in [0, 0.1) is 10.8 Å². The van der Waals surface area contributed by atoms with E-state index in [1.807, 2.05) is 6.92 Å². The van der Waals surface area contributed by atoms with E-state index >= 15 is 0 Å². The fraction of sp³-hybridized carbons (Fsp3) is 1.00. The summed E-state index contributed by atoms with van der Waals surface area (Å²) in [6.45, 7) is 8.78. The van der Waals surface area contributed by atoms with Crippen molar-refractivity contribution in [2.45, 2.75) is 59.5 Å². The first kappa shape index (κ1) is 10.0. The third kappa shape index (κ3) is 2.01. The van der Waals surface area contributed by atoms with Crippen molar-refractivity contribution in [3.8, 4) is 0 Å². The third-order valence-electron chi connectivity index (χ3n) is 3.49. The molecule has 0 aromatic heterocycles. The van der Waals surface area contributed by atoms with Gasteiger partial charge < -0.3 is 5.11 Å². The average molecular weight is 170 g/mol. The molecule has 1 fully saturated rings. The molecule has 0 amide bonds. The summed E-state index contributed by atoms with van der Waals surface area (Å²) >= 11 is 0. The predicted octanol–water partition coefficient (Wildman–Crippen LogP) is 2.97. The Kier molecular flexibility index (Phi) is 2.53. The first-order valence-corrected chi connectivity index (χ1v) is 5.04. The van der Waals surface area contributed by atoms with E-state index in [1.165, 1.54) is 19.3 Å². The normalized spacial score (nSPS) is 37.8. The molecule has 0 aromatic carbocycles. The van der Waals surface area contributed by atoms with E-state index in [0.29, 0.717) is 5.41 Å². The molecule has 1 N–H and O–H groups in total. The lowest BCUT2D eigenvalue weighted by molar-refractivity contribution is -0.0161. The number of aliphatic hydroxyl groups excluding tert-OH is 1. The van der Waals surface area contributed by atoms with Crippen molar-refractivity contribution in [3.63, 3.8) is 0 Å². The lowest BCUT2D eigenvalue weighted by atomic mass is 9.62. The third-order valence-corrected chi connectivity index (χ3v) is 3.49. The van der Waals surface area contributed by atoms with Gasteiger partial charge >= 0.3 is 0 Å². The molecular formula is C11H22O. The van der Waals surface area contributed by atoms with Crippen molar-refractivity contribution in [1.82, 2.24) is 0 Å². The van der Waals surface area contributed by atoms with E-state index in [4.69, 9.17) is 0 Å². The summed E-state index contributed by atoms with van der Waals surface area (Å²) in [7, 11) is 0. The van der Waals surface area contributed by atoms with Gasteiger partial charge in [0.2, 0.25) is 0 Å². The molecule has 0 saturated heterocycles. The highest BCUT2D eigenvalue weighted by Crippen LogP contribution is 2.47. The summed E-state index contributed by atoms with van der Waals surface area (Å²) in [5.74, 6) is 0. The second kappa shape index (κ2) is 3.02. The molecule has 1 saturated carbocycles. The van der Waals surface area contributed by atoms with E-state index in [-0.39, 0.29) is 11.5 Å². The number of hydrogen-bond acceptors (Lipinski definition) is 1. The van der Waals surface area contributed by atoms with Crippen LogP contribution in [0.5, 0.6) is 0 Å². The monoisotopic (exact) mass is 170 g/mol. The van der Waals surface area contributed by atoms with Crippen LogP contribution in [-0.4, -0.2) is 11.2 Å². The highest BCUT2D eigenvalue weighted by atomic mass is 16.3. The average Bonchev–Trinajstić information content (AvgIpc) is 1.83. The summed E-state index contributed by atoms with van der Waals surface area (Å²) in [5.41, 5.74) is 0.603. The highest BCUT2D eigenvalue weighted by Gasteiger charge is 2.39. The molecule has 72 valence electrons. The lowest BCUT2D eigenvalue weighted by Gasteiger charge is -2.44. The van der Waals surface area contributed by atoms with E-state index < -0.39 is 0 Å². The second-order valence-corrected chi connectivity index (χ2v) is 5.52. The zero-order valence-electron chi connectivity index (χ0n) is 8.85. The summed E-state index contributed by atoms with van der Waals surface area (Å²) in [5, 5.41) is 9.67. The maximum Gasteiger partial charge on any atom is 0.0565 e. The van der Waals surface area contributed by atoms with E-state index in [0.717, 1.165) is 6.42 Å². The van der Waals surface area contributed by atoms with Crippen LogP contribution < -0.4 is 0 Å². The molecule has 0 aromatic rings. The molecule has 1 nitrogen and oxygen atoms in total. The van der Waals surface area contributed by atoms with Crippen molar-refractivity contribution < 1.29 is 5.11 Å². The van der Waals surface area contributed by atoms with Gasteiger partial charge in [-0.2, -0.15) is 0 Å². The fourth-order valence-electron chi connectivity index (χ4n) is 2.60. The molecule has 0 aliphatic heterocycles.